The van der Waals surface area contributed by atoms with Gasteiger partial charge >= 0.3 is 0 Å². The van der Waals surface area contributed by atoms with Crippen LogP contribution in [0.15, 0.2) is 15.9 Å². The number of rotatable bonds is 2. The maximum atomic E-state index is 8.37. The molecule has 0 unspecified atom stereocenters. The summed E-state index contributed by atoms with van der Waals surface area (Å²) in [4.78, 5) is 3.93. The Morgan fingerprint density at radius 1 is 1.88 bits per heavy atom. The van der Waals surface area contributed by atoms with Crippen LogP contribution in [-0.4, -0.2) is 16.0 Å². The molecule has 0 saturated heterocycles. The van der Waals surface area contributed by atoms with Crippen LogP contribution >= 0.6 is 23.1 Å². The van der Waals surface area contributed by atoms with Gasteiger partial charge in [-0.25, -0.2) is 4.98 Å². The minimum atomic E-state index is 0.119. The van der Waals surface area contributed by atoms with Crippen molar-refractivity contribution in [3.8, 4) is 0 Å². The Kier molecular flexibility index (Phi) is 2.32. The topological polar surface area (TPSA) is 33.1 Å². The van der Waals surface area contributed by atoms with Gasteiger partial charge in [-0.2, -0.15) is 0 Å². The average Bonchev–Trinajstić information content (AvgIpc) is 2.19. The van der Waals surface area contributed by atoms with Crippen LogP contribution in [0.25, 0.3) is 0 Å². The Hall–Kier alpha value is -0.0600. The van der Waals surface area contributed by atoms with Gasteiger partial charge in [0, 0.05) is 11.6 Å². The molecular formula is C4H5NOS2. The molecule has 1 N–H and O–H groups in total. The van der Waals surface area contributed by atoms with Gasteiger partial charge in [0.15, 0.2) is 4.34 Å². The summed E-state index contributed by atoms with van der Waals surface area (Å²) >= 11 is 2.88. The van der Waals surface area contributed by atoms with Gasteiger partial charge in [0.25, 0.3) is 0 Å². The molecule has 1 rings (SSSR count). The van der Waals surface area contributed by atoms with Crippen LogP contribution in [0.3, 0.4) is 0 Å². The van der Waals surface area contributed by atoms with Gasteiger partial charge in [-0.1, -0.05) is 11.8 Å². The molecule has 44 valence electrons. The van der Waals surface area contributed by atoms with E-state index in [1.54, 1.807) is 6.20 Å². The molecule has 4 heteroatoms. The van der Waals surface area contributed by atoms with Crippen molar-refractivity contribution in [1.82, 2.24) is 4.98 Å². The molecule has 0 saturated carbocycles. The standard InChI is InChI=1S/C4H5NOS2/c6-3-8-4-5-1-2-7-4/h1-2,6H,3H2. The quantitative estimate of drug-likeness (QED) is 0.504. The summed E-state index contributed by atoms with van der Waals surface area (Å²) in [6, 6.07) is 0. The molecule has 0 amide bonds. The number of hydrogen-bond donors (Lipinski definition) is 1. The third-order valence-corrected chi connectivity index (χ3v) is 2.29. The fourth-order valence-electron chi connectivity index (χ4n) is 0.337. The van der Waals surface area contributed by atoms with Crippen molar-refractivity contribution in [3.05, 3.63) is 11.6 Å². The number of aliphatic hydroxyl groups excluding tert-OH is 1. The summed E-state index contributed by atoms with van der Waals surface area (Å²) in [5.74, 6) is 0.119. The lowest BCUT2D eigenvalue weighted by Gasteiger charge is -1.83. The molecule has 1 heterocycles. The van der Waals surface area contributed by atoms with Gasteiger partial charge < -0.3 is 5.11 Å². The number of aromatic nitrogens is 1. The van der Waals surface area contributed by atoms with E-state index in [-0.39, 0.29) is 5.94 Å². The van der Waals surface area contributed by atoms with Crippen LogP contribution in [-0.2, 0) is 0 Å². The second-order valence-electron chi connectivity index (χ2n) is 1.07. The third-order valence-electron chi connectivity index (χ3n) is 0.598. The van der Waals surface area contributed by atoms with E-state index in [4.69, 9.17) is 5.11 Å². The molecular weight excluding hydrogens is 142 g/mol. The zero-order chi connectivity index (χ0) is 5.82. The lowest BCUT2D eigenvalue weighted by Crippen LogP contribution is -1.70. The molecule has 0 aliphatic rings. The van der Waals surface area contributed by atoms with Gasteiger partial charge in [0.05, 0.1) is 5.94 Å². The molecule has 0 bridgehead atoms. The molecule has 0 atom stereocenters. The Morgan fingerprint density at radius 3 is 3.25 bits per heavy atom. The van der Waals surface area contributed by atoms with E-state index in [1.807, 2.05) is 5.38 Å². The van der Waals surface area contributed by atoms with Crippen molar-refractivity contribution in [2.24, 2.45) is 0 Å². The molecule has 1 aromatic heterocycles. The molecule has 0 aliphatic heterocycles. The monoisotopic (exact) mass is 147 g/mol. The molecule has 0 fully saturated rings. The second kappa shape index (κ2) is 3.06. The Labute approximate surface area is 55.6 Å². The van der Waals surface area contributed by atoms with Crippen molar-refractivity contribution in [1.29, 1.82) is 0 Å². The minimum Gasteiger partial charge on any atom is -0.385 e. The smallest absolute Gasteiger partial charge is 0.151 e. The molecule has 0 aromatic carbocycles. The van der Waals surface area contributed by atoms with Crippen molar-refractivity contribution in [3.63, 3.8) is 0 Å². The minimum absolute atomic E-state index is 0.119. The van der Waals surface area contributed by atoms with Gasteiger partial charge in [-0.05, 0) is 0 Å². The number of aliphatic hydroxyl groups is 1. The first kappa shape index (κ1) is 6.07. The Bertz CT molecular complexity index is 140. The number of nitrogens with zero attached hydrogens (tertiary/aromatic N) is 1. The zero-order valence-electron chi connectivity index (χ0n) is 4.07. The van der Waals surface area contributed by atoms with Gasteiger partial charge in [0.1, 0.15) is 0 Å². The van der Waals surface area contributed by atoms with E-state index >= 15 is 0 Å². The molecule has 8 heavy (non-hydrogen) atoms. The average molecular weight is 147 g/mol. The first-order valence-corrected chi connectivity index (χ1v) is 3.93. The van der Waals surface area contributed by atoms with Gasteiger partial charge in [0.2, 0.25) is 0 Å². The highest BCUT2D eigenvalue weighted by Crippen LogP contribution is 2.17. The van der Waals surface area contributed by atoms with Crippen LogP contribution in [0.2, 0.25) is 0 Å². The van der Waals surface area contributed by atoms with Crippen molar-refractivity contribution in [2.45, 2.75) is 4.34 Å². The van der Waals surface area contributed by atoms with Gasteiger partial charge in [-0.3, -0.25) is 0 Å². The van der Waals surface area contributed by atoms with E-state index in [0.29, 0.717) is 0 Å². The summed E-state index contributed by atoms with van der Waals surface area (Å²) in [5.41, 5.74) is 0. The maximum Gasteiger partial charge on any atom is 0.151 e. The van der Waals surface area contributed by atoms with Crippen LogP contribution in [0, 0.1) is 0 Å². The maximum absolute atomic E-state index is 8.37. The van der Waals surface area contributed by atoms with Crippen LogP contribution in [0.1, 0.15) is 0 Å². The van der Waals surface area contributed by atoms with Crippen LogP contribution < -0.4 is 0 Å². The summed E-state index contributed by atoms with van der Waals surface area (Å²) in [6.45, 7) is 0. The molecule has 1 aromatic rings. The lowest BCUT2D eigenvalue weighted by atomic mass is 11.0. The summed E-state index contributed by atoms with van der Waals surface area (Å²) < 4.78 is 0.924. The summed E-state index contributed by atoms with van der Waals surface area (Å²) in [7, 11) is 0. The van der Waals surface area contributed by atoms with E-state index < -0.39 is 0 Å². The fourth-order valence-corrected chi connectivity index (χ4v) is 1.54. The van der Waals surface area contributed by atoms with Crippen molar-refractivity contribution < 1.29 is 5.11 Å². The largest absolute Gasteiger partial charge is 0.385 e. The highest BCUT2D eigenvalue weighted by molar-refractivity contribution is 8.00. The molecule has 0 spiro atoms. The lowest BCUT2D eigenvalue weighted by molar-refractivity contribution is 0.375. The normalized spacial score (nSPS) is 9.62. The third kappa shape index (κ3) is 1.47. The van der Waals surface area contributed by atoms with E-state index in [2.05, 4.69) is 4.98 Å². The van der Waals surface area contributed by atoms with E-state index in [0.717, 1.165) is 4.34 Å². The van der Waals surface area contributed by atoms with Crippen LogP contribution in [0.5, 0.6) is 0 Å². The van der Waals surface area contributed by atoms with Crippen molar-refractivity contribution >= 4 is 23.1 Å². The summed E-state index contributed by atoms with van der Waals surface area (Å²) in [6.07, 6.45) is 1.72. The fraction of sp³-hybridized carbons (Fsp3) is 0.250. The molecule has 0 radical (unpaired) electrons. The van der Waals surface area contributed by atoms with Crippen molar-refractivity contribution in [2.75, 3.05) is 5.94 Å². The van der Waals surface area contributed by atoms with Crippen LogP contribution in [0.4, 0.5) is 0 Å². The Morgan fingerprint density at radius 2 is 2.75 bits per heavy atom. The Balaban J connectivity index is 2.50. The highest BCUT2D eigenvalue weighted by Gasteiger charge is 1.90. The SMILES string of the molecule is OCSc1nccs1. The number of thioether (sulfide) groups is 1. The number of hydrogen-bond acceptors (Lipinski definition) is 4. The number of thiazole rings is 1. The van der Waals surface area contributed by atoms with E-state index in [1.165, 1.54) is 23.1 Å². The summed E-state index contributed by atoms with van der Waals surface area (Å²) in [5, 5.41) is 10.3. The molecule has 2 nitrogen and oxygen atoms in total. The van der Waals surface area contributed by atoms with E-state index in [9.17, 15) is 0 Å². The second-order valence-corrected chi connectivity index (χ2v) is 3.16. The first-order chi connectivity index (χ1) is 3.93. The van der Waals surface area contributed by atoms with Gasteiger partial charge in [-0.15, -0.1) is 11.3 Å². The zero-order valence-corrected chi connectivity index (χ0v) is 5.71. The molecule has 0 aliphatic carbocycles. The predicted molar refractivity (Wildman–Crippen MR) is 35.1 cm³/mol. The first-order valence-electron chi connectivity index (χ1n) is 2.06. The predicted octanol–water partition coefficient (Wildman–Crippen LogP) is 1.19. The highest BCUT2D eigenvalue weighted by atomic mass is 32.2.